The second-order valence-electron chi connectivity index (χ2n) is 5.83. The van der Waals surface area contributed by atoms with E-state index in [9.17, 15) is 5.26 Å². The van der Waals surface area contributed by atoms with E-state index < -0.39 is 0 Å². The van der Waals surface area contributed by atoms with Crippen LogP contribution in [0, 0.1) is 11.3 Å². The summed E-state index contributed by atoms with van der Waals surface area (Å²) in [5, 5.41) is 25.6. The molecular formula is C19H15N7O. The molecule has 4 rings (SSSR count). The molecule has 0 aliphatic carbocycles. The van der Waals surface area contributed by atoms with E-state index in [0.29, 0.717) is 5.89 Å². The molecular weight excluding hydrogens is 342 g/mol. The molecule has 0 saturated carbocycles. The van der Waals surface area contributed by atoms with Crippen LogP contribution in [-0.2, 0) is 12.8 Å². The minimum atomic E-state index is 0.232. The highest BCUT2D eigenvalue weighted by Gasteiger charge is 2.08. The summed E-state index contributed by atoms with van der Waals surface area (Å²) in [6, 6.07) is 17.8. The van der Waals surface area contributed by atoms with Gasteiger partial charge in [0.2, 0.25) is 5.82 Å². The number of hydrogen-bond donors (Lipinski definition) is 2. The van der Waals surface area contributed by atoms with Crippen molar-refractivity contribution in [3.05, 3.63) is 72.0 Å². The number of rotatable bonds is 6. The zero-order valence-corrected chi connectivity index (χ0v) is 14.3. The number of tetrazole rings is 1. The topological polar surface area (TPSA) is 116 Å². The Balaban J connectivity index is 1.48. The van der Waals surface area contributed by atoms with Crippen LogP contribution in [0.3, 0.4) is 0 Å². The molecule has 0 radical (unpaired) electrons. The first kappa shape index (κ1) is 16.5. The summed E-state index contributed by atoms with van der Waals surface area (Å²) in [5.74, 6) is 0.932. The number of aromatic amines is 1. The van der Waals surface area contributed by atoms with Gasteiger partial charge in [0.1, 0.15) is 17.2 Å². The number of H-pyrrole nitrogens is 1. The largest absolute Gasteiger partial charge is 0.441 e. The average Bonchev–Trinajstić information content (AvgIpc) is 3.37. The lowest BCUT2D eigenvalue weighted by Crippen LogP contribution is -1.93. The van der Waals surface area contributed by atoms with Crippen molar-refractivity contribution in [1.82, 2.24) is 25.6 Å². The van der Waals surface area contributed by atoms with Crippen molar-refractivity contribution in [2.45, 2.75) is 12.8 Å². The number of nitrogens with zero attached hydrogens (tertiary/aromatic N) is 5. The van der Waals surface area contributed by atoms with Gasteiger partial charge in [-0.2, -0.15) is 10.5 Å². The highest BCUT2D eigenvalue weighted by atomic mass is 16.3. The fourth-order valence-electron chi connectivity index (χ4n) is 2.65. The number of allylic oxidation sites excluding steroid dienone is 1. The number of aryl methyl sites for hydroxylation is 2. The smallest absolute Gasteiger partial charge is 0.216 e. The first-order valence-electron chi connectivity index (χ1n) is 8.36. The van der Waals surface area contributed by atoms with Crippen LogP contribution in [0.2, 0.25) is 0 Å². The fourth-order valence-corrected chi connectivity index (χ4v) is 2.65. The van der Waals surface area contributed by atoms with Gasteiger partial charge in [-0.05, 0) is 35.4 Å². The van der Waals surface area contributed by atoms with E-state index in [4.69, 9.17) is 4.42 Å². The first-order chi connectivity index (χ1) is 13.3. The van der Waals surface area contributed by atoms with Gasteiger partial charge in [-0.15, -0.1) is 10.2 Å². The van der Waals surface area contributed by atoms with E-state index in [-0.39, 0.29) is 11.4 Å². The van der Waals surface area contributed by atoms with Crippen molar-refractivity contribution in [1.29, 1.82) is 5.26 Å². The number of nitriles is 1. The summed E-state index contributed by atoms with van der Waals surface area (Å²) in [6.45, 7) is 0. The van der Waals surface area contributed by atoms with Crippen LogP contribution < -0.4 is 5.32 Å². The van der Waals surface area contributed by atoms with Crippen LogP contribution in [0.15, 0.2) is 59.1 Å². The van der Waals surface area contributed by atoms with Crippen LogP contribution in [0.4, 0.5) is 5.69 Å². The molecule has 2 N–H and O–H groups in total. The van der Waals surface area contributed by atoms with E-state index in [1.807, 2.05) is 42.5 Å². The molecule has 27 heavy (non-hydrogen) atoms. The van der Waals surface area contributed by atoms with Gasteiger partial charge >= 0.3 is 0 Å². The Bertz CT molecular complexity index is 1110. The summed E-state index contributed by atoms with van der Waals surface area (Å²) in [5.41, 5.74) is 3.78. The molecule has 2 heterocycles. The summed E-state index contributed by atoms with van der Waals surface area (Å²) in [7, 11) is 0. The molecule has 0 unspecified atom stereocenters. The minimum Gasteiger partial charge on any atom is -0.441 e. The molecule has 0 saturated heterocycles. The molecule has 0 aliphatic heterocycles. The summed E-state index contributed by atoms with van der Waals surface area (Å²) < 4.78 is 5.81. The van der Waals surface area contributed by atoms with Crippen molar-refractivity contribution in [2.24, 2.45) is 0 Å². The molecule has 8 nitrogen and oxygen atoms in total. The summed E-state index contributed by atoms with van der Waals surface area (Å²) in [6.07, 6.45) is 3.14. The summed E-state index contributed by atoms with van der Waals surface area (Å²) in [4.78, 5) is 4.55. The van der Waals surface area contributed by atoms with E-state index in [0.717, 1.165) is 29.6 Å². The van der Waals surface area contributed by atoms with Gasteiger partial charge in [0.05, 0.1) is 0 Å². The molecule has 132 valence electrons. The van der Waals surface area contributed by atoms with Crippen molar-refractivity contribution in [3.63, 3.8) is 0 Å². The third-order valence-electron chi connectivity index (χ3n) is 3.99. The molecule has 0 bridgehead atoms. The lowest BCUT2D eigenvalue weighted by molar-refractivity contribution is 0.528. The number of fused-ring (bicyclic) bond motifs is 1. The third kappa shape index (κ3) is 3.82. The van der Waals surface area contributed by atoms with E-state index in [2.05, 4.69) is 43.1 Å². The van der Waals surface area contributed by atoms with Crippen molar-refractivity contribution in [2.75, 3.05) is 5.32 Å². The van der Waals surface area contributed by atoms with Crippen LogP contribution in [0.5, 0.6) is 0 Å². The van der Waals surface area contributed by atoms with Gasteiger partial charge in [0, 0.05) is 18.3 Å². The van der Waals surface area contributed by atoms with Crippen LogP contribution in [0.1, 0.15) is 17.3 Å². The van der Waals surface area contributed by atoms with E-state index in [1.54, 1.807) is 0 Å². The van der Waals surface area contributed by atoms with Gasteiger partial charge in [0.15, 0.2) is 11.5 Å². The maximum Gasteiger partial charge on any atom is 0.216 e. The molecule has 0 fully saturated rings. The Morgan fingerprint density at radius 3 is 2.85 bits per heavy atom. The lowest BCUT2D eigenvalue weighted by Gasteiger charge is -2.00. The summed E-state index contributed by atoms with van der Waals surface area (Å²) >= 11 is 0. The predicted molar refractivity (Wildman–Crippen MR) is 99.2 cm³/mol. The fraction of sp³-hybridized carbons (Fsp3) is 0.105. The van der Waals surface area contributed by atoms with Crippen LogP contribution in [0.25, 0.3) is 16.7 Å². The van der Waals surface area contributed by atoms with Crippen molar-refractivity contribution >= 4 is 22.4 Å². The second kappa shape index (κ2) is 7.49. The second-order valence-corrected chi connectivity index (χ2v) is 5.83. The molecule has 2 aromatic heterocycles. The van der Waals surface area contributed by atoms with Gasteiger partial charge in [-0.25, -0.2) is 4.98 Å². The van der Waals surface area contributed by atoms with Gasteiger partial charge in [0.25, 0.3) is 0 Å². The number of oxazole rings is 1. The number of anilines is 1. The molecule has 8 heteroatoms. The highest BCUT2D eigenvalue weighted by Crippen LogP contribution is 2.21. The van der Waals surface area contributed by atoms with Crippen molar-refractivity contribution in [3.8, 4) is 6.07 Å². The Hall–Kier alpha value is -3.99. The molecule has 2 aromatic carbocycles. The molecule has 4 aromatic rings. The molecule has 0 spiro atoms. The third-order valence-corrected chi connectivity index (χ3v) is 3.99. The molecule has 0 aliphatic rings. The quantitative estimate of drug-likeness (QED) is 0.509. The zero-order valence-electron chi connectivity index (χ0n) is 14.3. The Morgan fingerprint density at radius 1 is 1.19 bits per heavy atom. The maximum atomic E-state index is 9.20. The van der Waals surface area contributed by atoms with Crippen LogP contribution in [-0.4, -0.2) is 25.6 Å². The lowest BCUT2D eigenvalue weighted by atomic mass is 10.1. The van der Waals surface area contributed by atoms with Crippen molar-refractivity contribution < 1.29 is 4.42 Å². The number of benzene rings is 2. The average molecular weight is 357 g/mol. The normalized spacial score (nSPS) is 11.4. The number of aromatic nitrogens is 5. The predicted octanol–water partition coefficient (Wildman–Crippen LogP) is 3.10. The van der Waals surface area contributed by atoms with E-state index >= 15 is 0 Å². The van der Waals surface area contributed by atoms with Gasteiger partial charge in [-0.3, -0.25) is 0 Å². The maximum absolute atomic E-state index is 9.20. The van der Waals surface area contributed by atoms with Crippen LogP contribution >= 0.6 is 0 Å². The molecule has 0 atom stereocenters. The van der Waals surface area contributed by atoms with E-state index in [1.165, 1.54) is 11.8 Å². The number of hydrogen-bond acceptors (Lipinski definition) is 7. The zero-order chi connectivity index (χ0) is 18.5. The highest BCUT2D eigenvalue weighted by molar-refractivity contribution is 5.79. The Kier molecular flexibility index (Phi) is 4.57. The monoisotopic (exact) mass is 357 g/mol. The Labute approximate surface area is 154 Å². The standard InChI is InChI=1S/C19H15N7O/c20-11-14(19-23-25-26-24-19)12-21-15-7-8-17-16(10-15)22-18(27-17)9-6-13-4-2-1-3-5-13/h1-5,7-8,10,12,21H,6,9H2,(H,23,24,25,26). The van der Waals surface area contributed by atoms with Gasteiger partial charge < -0.3 is 9.73 Å². The minimum absolute atomic E-state index is 0.232. The molecule has 0 amide bonds. The number of nitrogens with one attached hydrogen (secondary N) is 2. The Morgan fingerprint density at radius 2 is 2.07 bits per heavy atom. The first-order valence-corrected chi connectivity index (χ1v) is 8.36. The van der Waals surface area contributed by atoms with Gasteiger partial charge in [-0.1, -0.05) is 30.3 Å². The SMILES string of the molecule is N#CC(=CNc1ccc2oc(CCc3ccccc3)nc2c1)c1nn[nH]n1.